The quantitative estimate of drug-likeness (QED) is 0.630. The van der Waals surface area contributed by atoms with Gasteiger partial charge in [0, 0.05) is 5.69 Å². The zero-order chi connectivity index (χ0) is 11.8. The molecule has 0 aromatic heterocycles. The number of para-hydroxylation sites is 1. The van der Waals surface area contributed by atoms with Crippen molar-refractivity contribution in [1.82, 2.24) is 0 Å². The number of hydrogen-bond donors (Lipinski definition) is 1. The fraction of sp³-hybridized carbons (Fsp3) is 0.333. The number of nitrogens with one attached hydrogen (secondary N) is 1. The number of benzene rings is 1. The lowest BCUT2D eigenvalue weighted by atomic mass is 9.81. The molecule has 0 amide bonds. The summed E-state index contributed by atoms with van der Waals surface area (Å²) in [6.07, 6.45) is 0.270. The summed E-state index contributed by atoms with van der Waals surface area (Å²) in [6.45, 7) is 1.96. The van der Waals surface area contributed by atoms with E-state index in [1.54, 1.807) is 0 Å². The van der Waals surface area contributed by atoms with Gasteiger partial charge in [0.2, 0.25) is 0 Å². The van der Waals surface area contributed by atoms with E-state index in [9.17, 15) is 4.79 Å². The molecule has 0 saturated heterocycles. The summed E-state index contributed by atoms with van der Waals surface area (Å²) in [6, 6.07) is 7.84. The van der Waals surface area contributed by atoms with Gasteiger partial charge in [0.25, 0.3) is 0 Å². The molecule has 1 heterocycles. The van der Waals surface area contributed by atoms with Crippen LogP contribution in [0, 0.1) is 0 Å². The lowest BCUT2D eigenvalue weighted by Crippen LogP contribution is -2.32. The topological polar surface area (TPSA) is 38.3 Å². The van der Waals surface area contributed by atoms with Crippen LogP contribution in [0.15, 0.2) is 24.3 Å². The number of anilines is 1. The highest BCUT2D eigenvalue weighted by atomic mass is 32.1. The third-order valence-electron chi connectivity index (χ3n) is 3.00. The molecule has 0 radical (unpaired) electrons. The maximum Gasteiger partial charge on any atom is 0.306 e. The monoisotopic (exact) mass is 235 g/mol. The van der Waals surface area contributed by atoms with Crippen molar-refractivity contribution in [3.63, 3.8) is 0 Å². The van der Waals surface area contributed by atoms with Crippen LogP contribution in [0.5, 0.6) is 0 Å². The first-order chi connectivity index (χ1) is 7.58. The van der Waals surface area contributed by atoms with Gasteiger partial charge < -0.3 is 10.1 Å². The maximum absolute atomic E-state index is 11.4. The Labute approximate surface area is 99.8 Å². The highest BCUT2D eigenvalue weighted by molar-refractivity contribution is 7.80. The largest absolute Gasteiger partial charge is 0.469 e. The van der Waals surface area contributed by atoms with Gasteiger partial charge in [0.15, 0.2) is 0 Å². The Balaban J connectivity index is 2.40. The first-order valence-electron chi connectivity index (χ1n) is 5.06. The first-order valence-corrected chi connectivity index (χ1v) is 5.46. The molecular formula is C12H13NO2S. The van der Waals surface area contributed by atoms with E-state index in [0.29, 0.717) is 4.99 Å². The number of esters is 1. The number of thiocarbonyl (C=S) groups is 1. The Bertz CT molecular complexity index is 458. The third-order valence-corrected chi connectivity index (χ3v) is 3.55. The predicted octanol–water partition coefficient (Wildman–Crippen LogP) is 2.26. The van der Waals surface area contributed by atoms with Crippen LogP contribution in [0.25, 0.3) is 0 Å². The predicted molar refractivity (Wildman–Crippen MR) is 66.6 cm³/mol. The summed E-state index contributed by atoms with van der Waals surface area (Å²) in [7, 11) is 1.39. The zero-order valence-electron chi connectivity index (χ0n) is 9.24. The van der Waals surface area contributed by atoms with Gasteiger partial charge in [-0.1, -0.05) is 30.4 Å². The smallest absolute Gasteiger partial charge is 0.306 e. The minimum atomic E-state index is -0.445. The minimum absolute atomic E-state index is 0.247. The Kier molecular flexibility index (Phi) is 2.68. The summed E-state index contributed by atoms with van der Waals surface area (Å²) in [5.74, 6) is -0.247. The van der Waals surface area contributed by atoms with Crippen LogP contribution in [0.1, 0.15) is 18.9 Å². The van der Waals surface area contributed by atoms with E-state index in [2.05, 4.69) is 5.32 Å². The fourth-order valence-electron chi connectivity index (χ4n) is 1.99. The molecule has 4 heteroatoms. The van der Waals surface area contributed by atoms with Crippen molar-refractivity contribution in [1.29, 1.82) is 0 Å². The van der Waals surface area contributed by atoms with E-state index in [4.69, 9.17) is 17.0 Å². The van der Waals surface area contributed by atoms with Gasteiger partial charge >= 0.3 is 5.97 Å². The second kappa shape index (κ2) is 3.87. The first kappa shape index (κ1) is 11.1. The van der Waals surface area contributed by atoms with Gasteiger partial charge in [-0.25, -0.2) is 0 Å². The van der Waals surface area contributed by atoms with Crippen molar-refractivity contribution in [2.24, 2.45) is 0 Å². The van der Waals surface area contributed by atoms with E-state index in [0.717, 1.165) is 11.3 Å². The molecule has 0 spiro atoms. The van der Waals surface area contributed by atoms with Crippen LogP contribution in [0.4, 0.5) is 5.69 Å². The molecule has 0 aliphatic carbocycles. The lowest BCUT2D eigenvalue weighted by molar-refractivity contribution is -0.141. The molecule has 0 fully saturated rings. The maximum atomic E-state index is 11.4. The average molecular weight is 235 g/mol. The van der Waals surface area contributed by atoms with Crippen LogP contribution >= 0.6 is 12.2 Å². The molecule has 16 heavy (non-hydrogen) atoms. The average Bonchev–Trinajstić information content (AvgIpc) is 2.52. The minimum Gasteiger partial charge on any atom is -0.469 e. The molecule has 1 aromatic rings. The molecule has 0 unspecified atom stereocenters. The Morgan fingerprint density at radius 3 is 2.88 bits per heavy atom. The van der Waals surface area contributed by atoms with Gasteiger partial charge in [0.05, 0.1) is 23.9 Å². The van der Waals surface area contributed by atoms with E-state index in [1.165, 1.54) is 7.11 Å². The second-order valence-electron chi connectivity index (χ2n) is 4.08. The van der Waals surface area contributed by atoms with Crippen LogP contribution < -0.4 is 5.32 Å². The number of carbonyl (C=O) groups excluding carboxylic acids is 1. The normalized spacial score (nSPS) is 22.5. The Morgan fingerprint density at radius 2 is 2.19 bits per heavy atom. The van der Waals surface area contributed by atoms with E-state index >= 15 is 0 Å². The van der Waals surface area contributed by atoms with Crippen molar-refractivity contribution in [2.75, 3.05) is 12.4 Å². The summed E-state index contributed by atoms with van der Waals surface area (Å²) in [5, 5.41) is 3.14. The number of carbonyl (C=O) groups is 1. The van der Waals surface area contributed by atoms with Crippen molar-refractivity contribution >= 4 is 28.9 Å². The van der Waals surface area contributed by atoms with E-state index in [1.807, 2.05) is 31.2 Å². The van der Waals surface area contributed by atoms with Crippen molar-refractivity contribution in [3.05, 3.63) is 29.8 Å². The number of hydrogen-bond acceptors (Lipinski definition) is 3. The summed E-state index contributed by atoms with van der Waals surface area (Å²) in [5.41, 5.74) is 1.60. The van der Waals surface area contributed by atoms with Crippen molar-refractivity contribution in [2.45, 2.75) is 18.8 Å². The van der Waals surface area contributed by atoms with Gasteiger partial charge in [0.1, 0.15) is 0 Å². The Hall–Kier alpha value is -1.42. The SMILES string of the molecule is COC(=O)C[C@]1(C)C(=S)Nc2ccccc21. The number of methoxy groups -OCH3 is 1. The summed E-state index contributed by atoms with van der Waals surface area (Å²) < 4.78 is 4.71. The number of rotatable bonds is 2. The van der Waals surface area contributed by atoms with Crippen LogP contribution in [-0.2, 0) is 14.9 Å². The highest BCUT2D eigenvalue weighted by Gasteiger charge is 2.41. The summed E-state index contributed by atoms with van der Waals surface area (Å²) >= 11 is 5.31. The molecule has 1 N–H and O–H groups in total. The fourth-order valence-corrected chi connectivity index (χ4v) is 2.28. The molecule has 1 aromatic carbocycles. The molecule has 2 rings (SSSR count). The second-order valence-corrected chi connectivity index (χ2v) is 4.49. The Morgan fingerprint density at radius 1 is 1.50 bits per heavy atom. The van der Waals surface area contributed by atoms with Crippen LogP contribution in [-0.4, -0.2) is 18.1 Å². The molecule has 1 aliphatic rings. The molecule has 0 saturated carbocycles. The van der Waals surface area contributed by atoms with Gasteiger partial charge in [-0.05, 0) is 18.6 Å². The molecule has 1 aliphatic heterocycles. The molecule has 0 bridgehead atoms. The summed E-state index contributed by atoms with van der Waals surface area (Å²) in [4.78, 5) is 12.1. The van der Waals surface area contributed by atoms with Crippen LogP contribution in [0.2, 0.25) is 0 Å². The van der Waals surface area contributed by atoms with Crippen LogP contribution in [0.3, 0.4) is 0 Å². The molecule has 3 nitrogen and oxygen atoms in total. The van der Waals surface area contributed by atoms with Gasteiger partial charge in [-0.2, -0.15) is 0 Å². The third kappa shape index (κ3) is 1.59. The van der Waals surface area contributed by atoms with Gasteiger partial charge in [-0.15, -0.1) is 0 Å². The van der Waals surface area contributed by atoms with Crippen molar-refractivity contribution < 1.29 is 9.53 Å². The zero-order valence-corrected chi connectivity index (χ0v) is 10.1. The number of ether oxygens (including phenoxy) is 1. The standard InChI is InChI=1S/C12H13NO2S/c1-12(7-10(14)15-2)8-5-3-4-6-9(8)13-11(12)16/h3-6H,7H2,1-2H3,(H,13,16)/t12-/m0/s1. The van der Waals surface area contributed by atoms with E-state index in [-0.39, 0.29) is 12.4 Å². The molecule has 84 valence electrons. The lowest BCUT2D eigenvalue weighted by Gasteiger charge is -2.22. The molecular weight excluding hydrogens is 222 g/mol. The number of fused-ring (bicyclic) bond motifs is 1. The molecule has 1 atom stereocenters. The van der Waals surface area contributed by atoms with E-state index < -0.39 is 5.41 Å². The van der Waals surface area contributed by atoms with Crippen molar-refractivity contribution in [3.8, 4) is 0 Å². The van der Waals surface area contributed by atoms with Gasteiger partial charge in [-0.3, -0.25) is 4.79 Å². The highest BCUT2D eigenvalue weighted by Crippen LogP contribution is 2.40.